The van der Waals surface area contributed by atoms with Gasteiger partial charge in [-0.2, -0.15) is 0 Å². The van der Waals surface area contributed by atoms with Crippen LogP contribution in [0.3, 0.4) is 0 Å². The van der Waals surface area contributed by atoms with Gasteiger partial charge in [0.2, 0.25) is 0 Å². The van der Waals surface area contributed by atoms with Crippen LogP contribution in [0.1, 0.15) is 27.2 Å². The van der Waals surface area contributed by atoms with Crippen LogP contribution < -0.4 is 4.90 Å². The van der Waals surface area contributed by atoms with Crippen molar-refractivity contribution in [2.45, 2.75) is 32.7 Å². The topological polar surface area (TPSA) is 29.0 Å². The molecule has 0 unspecified atom stereocenters. The summed E-state index contributed by atoms with van der Waals surface area (Å²) in [5, 5.41) is 0.480. The SMILES string of the molecule is CCC(C)(C)N(C)c1cc(Cl)ncn1. The quantitative estimate of drug-likeness (QED) is 0.723. The molecule has 0 fully saturated rings. The number of nitrogens with zero attached hydrogens (tertiary/aromatic N) is 3. The van der Waals surface area contributed by atoms with E-state index < -0.39 is 0 Å². The fourth-order valence-corrected chi connectivity index (χ4v) is 1.20. The van der Waals surface area contributed by atoms with Gasteiger partial charge in [-0.3, -0.25) is 0 Å². The Morgan fingerprint density at radius 1 is 1.43 bits per heavy atom. The molecule has 3 nitrogen and oxygen atoms in total. The molecule has 4 heteroatoms. The van der Waals surface area contributed by atoms with Crippen LogP contribution in [0.15, 0.2) is 12.4 Å². The standard InChI is InChI=1S/C10H16ClN3/c1-5-10(2,3)14(4)9-6-8(11)12-7-13-9/h6-7H,5H2,1-4H3. The lowest BCUT2D eigenvalue weighted by Gasteiger charge is -2.35. The molecule has 0 amide bonds. The zero-order valence-electron chi connectivity index (χ0n) is 9.08. The number of hydrogen-bond donors (Lipinski definition) is 0. The Bertz CT molecular complexity index is 312. The zero-order chi connectivity index (χ0) is 10.8. The van der Waals surface area contributed by atoms with Crippen molar-refractivity contribution in [3.8, 4) is 0 Å². The zero-order valence-corrected chi connectivity index (χ0v) is 9.84. The molecule has 0 atom stereocenters. The first-order valence-corrected chi connectivity index (χ1v) is 5.06. The number of anilines is 1. The van der Waals surface area contributed by atoms with Gasteiger partial charge in [0.1, 0.15) is 17.3 Å². The lowest BCUT2D eigenvalue weighted by molar-refractivity contribution is 0.467. The molecule has 0 radical (unpaired) electrons. The molecule has 1 aromatic rings. The molecule has 78 valence electrons. The van der Waals surface area contributed by atoms with Gasteiger partial charge in [-0.25, -0.2) is 9.97 Å². The van der Waals surface area contributed by atoms with Gasteiger partial charge in [0.05, 0.1) is 0 Å². The molecule has 1 heterocycles. The second kappa shape index (κ2) is 4.13. The summed E-state index contributed by atoms with van der Waals surface area (Å²) in [6, 6.07) is 1.78. The van der Waals surface area contributed by atoms with Crippen LogP contribution >= 0.6 is 11.6 Å². The van der Waals surface area contributed by atoms with E-state index in [1.54, 1.807) is 6.07 Å². The van der Waals surface area contributed by atoms with Crippen molar-refractivity contribution in [1.82, 2.24) is 9.97 Å². The van der Waals surface area contributed by atoms with Crippen LogP contribution in [0.2, 0.25) is 5.15 Å². The van der Waals surface area contributed by atoms with Crippen molar-refractivity contribution in [1.29, 1.82) is 0 Å². The minimum atomic E-state index is 0.0810. The van der Waals surface area contributed by atoms with E-state index in [-0.39, 0.29) is 5.54 Å². The molecular weight excluding hydrogens is 198 g/mol. The average molecular weight is 214 g/mol. The molecule has 0 aliphatic carbocycles. The highest BCUT2D eigenvalue weighted by molar-refractivity contribution is 6.29. The fourth-order valence-electron chi connectivity index (χ4n) is 1.05. The molecule has 1 rings (SSSR count). The number of rotatable bonds is 3. The Labute approximate surface area is 90.1 Å². The third-order valence-electron chi connectivity index (χ3n) is 2.74. The summed E-state index contributed by atoms with van der Waals surface area (Å²) in [6.07, 6.45) is 2.53. The third kappa shape index (κ3) is 2.35. The number of aromatic nitrogens is 2. The van der Waals surface area contributed by atoms with E-state index in [2.05, 4.69) is 35.6 Å². The Hall–Kier alpha value is -0.830. The highest BCUT2D eigenvalue weighted by Crippen LogP contribution is 2.23. The summed E-state index contributed by atoms with van der Waals surface area (Å²) in [5.41, 5.74) is 0.0810. The predicted molar refractivity (Wildman–Crippen MR) is 59.8 cm³/mol. The van der Waals surface area contributed by atoms with Gasteiger partial charge >= 0.3 is 0 Å². The molecule has 1 aromatic heterocycles. The van der Waals surface area contributed by atoms with Crippen LogP contribution in [-0.4, -0.2) is 22.6 Å². The van der Waals surface area contributed by atoms with Crippen molar-refractivity contribution in [2.75, 3.05) is 11.9 Å². The summed E-state index contributed by atoms with van der Waals surface area (Å²) in [7, 11) is 2.02. The first-order valence-electron chi connectivity index (χ1n) is 4.69. The summed E-state index contributed by atoms with van der Waals surface area (Å²) < 4.78 is 0. The van der Waals surface area contributed by atoms with E-state index in [1.165, 1.54) is 6.33 Å². The molecule has 0 aromatic carbocycles. The van der Waals surface area contributed by atoms with Gasteiger partial charge in [0.25, 0.3) is 0 Å². The summed E-state index contributed by atoms with van der Waals surface area (Å²) in [4.78, 5) is 10.2. The van der Waals surface area contributed by atoms with Gasteiger partial charge < -0.3 is 4.90 Å². The first kappa shape index (κ1) is 11.2. The van der Waals surface area contributed by atoms with E-state index in [0.717, 1.165) is 12.2 Å². The summed E-state index contributed by atoms with van der Waals surface area (Å²) >= 11 is 5.80. The summed E-state index contributed by atoms with van der Waals surface area (Å²) in [6.45, 7) is 6.49. The van der Waals surface area contributed by atoms with Gasteiger partial charge in [0.15, 0.2) is 0 Å². The second-order valence-corrected chi connectivity index (χ2v) is 4.31. The van der Waals surface area contributed by atoms with Crippen LogP contribution in [0.25, 0.3) is 0 Å². The molecule has 0 aliphatic rings. The van der Waals surface area contributed by atoms with Crippen LogP contribution in [-0.2, 0) is 0 Å². The van der Waals surface area contributed by atoms with Crippen LogP contribution in [0.4, 0.5) is 5.82 Å². The Balaban J connectivity index is 2.94. The van der Waals surface area contributed by atoms with Gasteiger partial charge in [-0.15, -0.1) is 0 Å². The maximum absolute atomic E-state index is 5.80. The Morgan fingerprint density at radius 2 is 2.07 bits per heavy atom. The maximum atomic E-state index is 5.80. The maximum Gasteiger partial charge on any atom is 0.134 e. The summed E-state index contributed by atoms with van der Waals surface area (Å²) in [5.74, 6) is 0.858. The van der Waals surface area contributed by atoms with Crippen molar-refractivity contribution in [2.24, 2.45) is 0 Å². The highest BCUT2D eigenvalue weighted by Gasteiger charge is 2.22. The monoisotopic (exact) mass is 213 g/mol. The fraction of sp³-hybridized carbons (Fsp3) is 0.600. The van der Waals surface area contributed by atoms with E-state index >= 15 is 0 Å². The van der Waals surface area contributed by atoms with Crippen LogP contribution in [0.5, 0.6) is 0 Å². The Morgan fingerprint density at radius 3 is 2.57 bits per heavy atom. The van der Waals surface area contributed by atoms with Crippen molar-refractivity contribution in [3.05, 3.63) is 17.5 Å². The molecule has 0 saturated carbocycles. The second-order valence-electron chi connectivity index (χ2n) is 3.92. The third-order valence-corrected chi connectivity index (χ3v) is 2.94. The van der Waals surface area contributed by atoms with Gasteiger partial charge in [-0.1, -0.05) is 18.5 Å². The number of hydrogen-bond acceptors (Lipinski definition) is 3. The van der Waals surface area contributed by atoms with Gasteiger partial charge in [-0.05, 0) is 20.3 Å². The largest absolute Gasteiger partial charge is 0.354 e. The van der Waals surface area contributed by atoms with Crippen LogP contribution in [0, 0.1) is 0 Å². The molecule has 14 heavy (non-hydrogen) atoms. The lowest BCUT2D eigenvalue weighted by atomic mass is 10.0. The molecular formula is C10H16ClN3. The average Bonchev–Trinajstić information content (AvgIpc) is 2.16. The van der Waals surface area contributed by atoms with Gasteiger partial charge in [0, 0.05) is 18.7 Å². The van der Waals surface area contributed by atoms with Crippen molar-refractivity contribution >= 4 is 17.4 Å². The smallest absolute Gasteiger partial charge is 0.134 e. The molecule has 0 saturated heterocycles. The molecule has 0 bridgehead atoms. The Kier molecular flexibility index (Phi) is 3.32. The van der Waals surface area contributed by atoms with Crippen molar-refractivity contribution in [3.63, 3.8) is 0 Å². The lowest BCUT2D eigenvalue weighted by Crippen LogP contribution is -2.41. The van der Waals surface area contributed by atoms with E-state index in [4.69, 9.17) is 11.6 Å². The minimum Gasteiger partial charge on any atom is -0.354 e. The molecule has 0 N–H and O–H groups in total. The normalized spacial score (nSPS) is 11.5. The minimum absolute atomic E-state index is 0.0810. The highest BCUT2D eigenvalue weighted by atomic mass is 35.5. The molecule has 0 aliphatic heterocycles. The van der Waals surface area contributed by atoms with Crippen molar-refractivity contribution < 1.29 is 0 Å². The first-order chi connectivity index (χ1) is 6.47. The van der Waals surface area contributed by atoms with E-state index in [0.29, 0.717) is 5.15 Å². The number of halogens is 1. The van der Waals surface area contributed by atoms with E-state index in [9.17, 15) is 0 Å². The molecule has 0 spiro atoms. The predicted octanol–water partition coefficient (Wildman–Crippen LogP) is 2.75. The van der Waals surface area contributed by atoms with E-state index in [1.807, 2.05) is 7.05 Å².